The standard InChI is InChI=1S/C42H79O8P/c1-3-5-7-9-11-13-15-17-19-20-21-22-23-25-26-28-30-32-34-36-41(43)48-38-40(39-49-51(45,46)47)50-42(44)37-35-33-31-29-27-24-18-16-14-12-10-8-6-4-2/h11,13,17,19,40H,3-10,12,14-16,18,20-39H2,1-2H3,(H2,45,46,47)/b13-11-,19-17-/t40-/m1/s1. The lowest BCUT2D eigenvalue weighted by molar-refractivity contribution is -0.161. The molecule has 1 atom stereocenters. The van der Waals surface area contributed by atoms with Crippen LogP contribution in [0.25, 0.3) is 0 Å². The van der Waals surface area contributed by atoms with Gasteiger partial charge in [-0.25, -0.2) is 4.57 Å². The summed E-state index contributed by atoms with van der Waals surface area (Å²) in [5, 5.41) is 0. The largest absolute Gasteiger partial charge is 0.469 e. The van der Waals surface area contributed by atoms with Gasteiger partial charge in [-0.05, 0) is 44.9 Å². The van der Waals surface area contributed by atoms with Crippen molar-refractivity contribution in [3.05, 3.63) is 24.3 Å². The van der Waals surface area contributed by atoms with Crippen molar-refractivity contribution < 1.29 is 37.9 Å². The molecule has 0 saturated heterocycles. The Labute approximate surface area is 313 Å². The highest BCUT2D eigenvalue weighted by Gasteiger charge is 2.22. The van der Waals surface area contributed by atoms with E-state index in [4.69, 9.17) is 19.3 Å². The van der Waals surface area contributed by atoms with Crippen molar-refractivity contribution in [1.82, 2.24) is 0 Å². The van der Waals surface area contributed by atoms with Crippen LogP contribution in [0.2, 0.25) is 0 Å². The second-order valence-corrected chi connectivity index (χ2v) is 15.6. The van der Waals surface area contributed by atoms with Crippen molar-refractivity contribution in [1.29, 1.82) is 0 Å². The normalized spacial score (nSPS) is 12.6. The molecule has 0 spiro atoms. The molecule has 0 rings (SSSR count). The van der Waals surface area contributed by atoms with Crippen molar-refractivity contribution in [2.45, 2.75) is 219 Å². The zero-order chi connectivity index (χ0) is 37.5. The summed E-state index contributed by atoms with van der Waals surface area (Å²) in [6.45, 7) is 3.67. The molecule has 300 valence electrons. The molecule has 0 aliphatic heterocycles. The van der Waals surface area contributed by atoms with Crippen molar-refractivity contribution in [2.24, 2.45) is 0 Å². The fourth-order valence-electron chi connectivity index (χ4n) is 6.05. The van der Waals surface area contributed by atoms with Crippen LogP contribution in [0.5, 0.6) is 0 Å². The summed E-state index contributed by atoms with van der Waals surface area (Å²) in [6, 6.07) is 0. The molecule has 0 aliphatic carbocycles. The van der Waals surface area contributed by atoms with Crippen LogP contribution in [0.1, 0.15) is 213 Å². The van der Waals surface area contributed by atoms with Gasteiger partial charge in [0.1, 0.15) is 6.61 Å². The Morgan fingerprint density at radius 3 is 1.33 bits per heavy atom. The van der Waals surface area contributed by atoms with Crippen molar-refractivity contribution in [3.8, 4) is 0 Å². The summed E-state index contributed by atoms with van der Waals surface area (Å²) >= 11 is 0. The molecule has 51 heavy (non-hydrogen) atoms. The number of carbonyl (C=O) groups is 2. The van der Waals surface area contributed by atoms with Crippen LogP contribution < -0.4 is 0 Å². The first kappa shape index (κ1) is 49.5. The molecule has 0 radical (unpaired) electrons. The van der Waals surface area contributed by atoms with E-state index >= 15 is 0 Å². The van der Waals surface area contributed by atoms with Crippen LogP contribution in [0, 0.1) is 0 Å². The highest BCUT2D eigenvalue weighted by atomic mass is 31.2. The number of esters is 2. The number of phosphoric acid groups is 1. The third-order valence-electron chi connectivity index (χ3n) is 9.22. The van der Waals surface area contributed by atoms with E-state index in [1.54, 1.807) is 0 Å². The molecule has 0 bridgehead atoms. The second-order valence-electron chi connectivity index (χ2n) is 14.3. The minimum Gasteiger partial charge on any atom is -0.462 e. The van der Waals surface area contributed by atoms with Crippen LogP contribution in [-0.2, 0) is 28.2 Å². The number of hydrogen-bond donors (Lipinski definition) is 2. The molecule has 0 amide bonds. The summed E-state index contributed by atoms with van der Waals surface area (Å²) in [4.78, 5) is 42.8. The average molecular weight is 743 g/mol. The maximum atomic E-state index is 12.4. The molecule has 0 heterocycles. The van der Waals surface area contributed by atoms with Gasteiger partial charge in [0, 0.05) is 12.8 Å². The van der Waals surface area contributed by atoms with Gasteiger partial charge in [-0.3, -0.25) is 14.1 Å². The van der Waals surface area contributed by atoms with E-state index in [9.17, 15) is 14.2 Å². The molecule has 0 fully saturated rings. The van der Waals surface area contributed by atoms with Crippen molar-refractivity contribution in [2.75, 3.05) is 13.2 Å². The summed E-state index contributed by atoms with van der Waals surface area (Å²) in [6.07, 6.45) is 43.2. The highest BCUT2D eigenvalue weighted by Crippen LogP contribution is 2.36. The number of rotatable bonds is 39. The van der Waals surface area contributed by atoms with Crippen LogP contribution in [-0.4, -0.2) is 41.0 Å². The van der Waals surface area contributed by atoms with Crippen LogP contribution in [0.4, 0.5) is 0 Å². The second kappa shape index (κ2) is 38.3. The number of carbonyl (C=O) groups excluding carboxylic acids is 2. The third kappa shape index (κ3) is 41.2. The number of unbranched alkanes of at least 4 members (excludes halogenated alkanes) is 25. The third-order valence-corrected chi connectivity index (χ3v) is 9.71. The molecular weight excluding hydrogens is 663 g/mol. The molecular formula is C42H79O8P. The Hall–Kier alpha value is -1.47. The quantitative estimate of drug-likeness (QED) is 0.0276. The van der Waals surface area contributed by atoms with E-state index in [0.29, 0.717) is 6.42 Å². The zero-order valence-corrected chi connectivity index (χ0v) is 33.9. The number of hydrogen-bond acceptors (Lipinski definition) is 6. The first-order valence-electron chi connectivity index (χ1n) is 21.1. The van der Waals surface area contributed by atoms with E-state index in [1.807, 2.05) is 0 Å². The number of allylic oxidation sites excluding steroid dienone is 4. The van der Waals surface area contributed by atoms with Crippen LogP contribution in [0.3, 0.4) is 0 Å². The number of ether oxygens (including phenoxy) is 2. The highest BCUT2D eigenvalue weighted by molar-refractivity contribution is 7.46. The van der Waals surface area contributed by atoms with Gasteiger partial charge in [0.25, 0.3) is 0 Å². The van der Waals surface area contributed by atoms with Gasteiger partial charge in [-0.15, -0.1) is 0 Å². The van der Waals surface area contributed by atoms with Gasteiger partial charge in [0.2, 0.25) is 0 Å². The fourth-order valence-corrected chi connectivity index (χ4v) is 6.41. The Kier molecular flexibility index (Phi) is 37.2. The first-order valence-corrected chi connectivity index (χ1v) is 22.7. The molecule has 0 aromatic heterocycles. The predicted octanol–water partition coefficient (Wildman–Crippen LogP) is 12.8. The summed E-state index contributed by atoms with van der Waals surface area (Å²) in [5.41, 5.74) is 0. The van der Waals surface area contributed by atoms with Crippen molar-refractivity contribution >= 4 is 19.8 Å². The average Bonchev–Trinajstić information content (AvgIpc) is 3.10. The van der Waals surface area contributed by atoms with E-state index in [1.165, 1.54) is 128 Å². The lowest BCUT2D eigenvalue weighted by Gasteiger charge is -2.18. The fraction of sp³-hybridized carbons (Fsp3) is 0.857. The van der Waals surface area contributed by atoms with Crippen LogP contribution in [0.15, 0.2) is 24.3 Å². The summed E-state index contributed by atoms with van der Waals surface area (Å²) in [5.74, 6) is -0.881. The molecule has 0 aromatic carbocycles. The molecule has 2 N–H and O–H groups in total. The van der Waals surface area contributed by atoms with Gasteiger partial charge in [-0.2, -0.15) is 0 Å². The minimum absolute atomic E-state index is 0.215. The molecule has 9 heteroatoms. The van der Waals surface area contributed by atoms with E-state index in [0.717, 1.165) is 51.4 Å². The monoisotopic (exact) mass is 743 g/mol. The first-order chi connectivity index (χ1) is 24.8. The number of phosphoric ester groups is 1. The smallest absolute Gasteiger partial charge is 0.462 e. The summed E-state index contributed by atoms with van der Waals surface area (Å²) < 4.78 is 26.4. The minimum atomic E-state index is -4.75. The Balaban J connectivity index is 3.88. The Morgan fingerprint density at radius 1 is 0.510 bits per heavy atom. The van der Waals surface area contributed by atoms with Gasteiger partial charge in [0.05, 0.1) is 6.61 Å². The maximum Gasteiger partial charge on any atom is 0.469 e. The predicted molar refractivity (Wildman–Crippen MR) is 212 cm³/mol. The molecule has 0 saturated carbocycles. The Morgan fingerprint density at radius 2 is 0.882 bits per heavy atom. The van der Waals surface area contributed by atoms with E-state index in [-0.39, 0.29) is 19.4 Å². The van der Waals surface area contributed by atoms with Gasteiger partial charge >= 0.3 is 19.8 Å². The molecule has 8 nitrogen and oxygen atoms in total. The van der Waals surface area contributed by atoms with Gasteiger partial charge in [0.15, 0.2) is 6.10 Å². The topological polar surface area (TPSA) is 119 Å². The lowest BCUT2D eigenvalue weighted by Crippen LogP contribution is -2.29. The van der Waals surface area contributed by atoms with E-state index in [2.05, 4.69) is 42.7 Å². The van der Waals surface area contributed by atoms with Gasteiger partial charge < -0.3 is 19.3 Å². The van der Waals surface area contributed by atoms with Crippen LogP contribution >= 0.6 is 7.82 Å². The summed E-state index contributed by atoms with van der Waals surface area (Å²) in [7, 11) is -4.75. The zero-order valence-electron chi connectivity index (χ0n) is 33.0. The SMILES string of the molecule is CCCCC/C=C\C/C=C\CCCCCCCCCCCC(=O)OC[C@H](COP(=O)(O)O)OC(=O)CCCCCCCCCCCCCCCC. The Bertz CT molecular complexity index is 884. The molecule has 0 aromatic rings. The molecule has 0 unspecified atom stereocenters. The van der Waals surface area contributed by atoms with E-state index < -0.39 is 32.5 Å². The van der Waals surface area contributed by atoms with Gasteiger partial charge in [-0.1, -0.05) is 179 Å². The van der Waals surface area contributed by atoms with Crippen molar-refractivity contribution in [3.63, 3.8) is 0 Å². The lowest BCUT2D eigenvalue weighted by atomic mass is 10.0. The maximum absolute atomic E-state index is 12.4. The molecule has 0 aliphatic rings.